The summed E-state index contributed by atoms with van der Waals surface area (Å²) in [5.74, 6) is -2.26. The first-order chi connectivity index (χ1) is 9.41. The summed E-state index contributed by atoms with van der Waals surface area (Å²) in [7, 11) is 0. The van der Waals surface area contributed by atoms with Crippen LogP contribution < -0.4 is 0 Å². The first-order valence-electron chi connectivity index (χ1n) is 6.39. The van der Waals surface area contributed by atoms with E-state index in [-0.39, 0.29) is 16.5 Å². The number of carboxylic acids is 1. The predicted octanol–water partition coefficient (Wildman–Crippen LogP) is 2.80. The van der Waals surface area contributed by atoms with Crippen LogP contribution in [0.4, 0.5) is 4.39 Å². The molecule has 1 aliphatic rings. The first-order valence-corrected chi connectivity index (χ1v) is 6.77. The van der Waals surface area contributed by atoms with E-state index in [0.29, 0.717) is 19.4 Å². The normalized spacial score (nSPS) is 22.6. The van der Waals surface area contributed by atoms with Crippen molar-refractivity contribution in [3.63, 3.8) is 0 Å². The average molecular weight is 300 g/mol. The first kappa shape index (κ1) is 14.8. The smallest absolute Gasteiger partial charge is 0.326 e. The van der Waals surface area contributed by atoms with Gasteiger partial charge in [0.1, 0.15) is 6.04 Å². The van der Waals surface area contributed by atoms with E-state index >= 15 is 0 Å². The number of rotatable bonds is 2. The summed E-state index contributed by atoms with van der Waals surface area (Å²) in [6.45, 7) is 2.25. The van der Waals surface area contributed by atoms with Crippen molar-refractivity contribution in [2.24, 2.45) is 5.92 Å². The van der Waals surface area contributed by atoms with Crippen molar-refractivity contribution in [1.29, 1.82) is 0 Å². The van der Waals surface area contributed by atoms with Crippen molar-refractivity contribution in [3.05, 3.63) is 34.6 Å². The number of likely N-dealkylation sites (tertiary alicyclic amines) is 1. The number of amides is 1. The van der Waals surface area contributed by atoms with Gasteiger partial charge in [-0.15, -0.1) is 0 Å². The quantitative estimate of drug-likeness (QED) is 0.913. The van der Waals surface area contributed by atoms with Gasteiger partial charge in [0.05, 0.1) is 10.6 Å². The van der Waals surface area contributed by atoms with E-state index < -0.39 is 23.7 Å². The van der Waals surface area contributed by atoms with Crippen molar-refractivity contribution >= 4 is 23.5 Å². The average Bonchev–Trinajstić information content (AvgIpc) is 2.41. The van der Waals surface area contributed by atoms with Crippen molar-refractivity contribution in [2.45, 2.75) is 25.8 Å². The lowest BCUT2D eigenvalue weighted by Crippen LogP contribution is -2.50. The number of benzene rings is 1. The number of piperidine rings is 1. The van der Waals surface area contributed by atoms with Gasteiger partial charge >= 0.3 is 5.97 Å². The van der Waals surface area contributed by atoms with E-state index in [1.165, 1.54) is 23.1 Å². The van der Waals surface area contributed by atoms with E-state index in [4.69, 9.17) is 11.6 Å². The fourth-order valence-corrected chi connectivity index (χ4v) is 2.62. The number of aliphatic carboxylic acids is 1. The Hall–Kier alpha value is -1.62. The topological polar surface area (TPSA) is 57.6 Å². The second kappa shape index (κ2) is 5.79. The second-order valence-electron chi connectivity index (χ2n) is 5.08. The fraction of sp³-hybridized carbons (Fsp3) is 0.429. The monoisotopic (exact) mass is 299 g/mol. The highest BCUT2D eigenvalue weighted by Crippen LogP contribution is 2.26. The van der Waals surface area contributed by atoms with Gasteiger partial charge in [0, 0.05) is 6.54 Å². The van der Waals surface area contributed by atoms with Crippen LogP contribution in [-0.2, 0) is 4.79 Å². The molecule has 1 aromatic rings. The largest absolute Gasteiger partial charge is 0.480 e. The highest BCUT2D eigenvalue weighted by atomic mass is 35.5. The maximum absolute atomic E-state index is 13.9. The molecule has 1 N–H and O–H groups in total. The van der Waals surface area contributed by atoms with Crippen LogP contribution in [0.25, 0.3) is 0 Å². The van der Waals surface area contributed by atoms with Gasteiger partial charge < -0.3 is 10.0 Å². The molecule has 6 heteroatoms. The van der Waals surface area contributed by atoms with Crippen molar-refractivity contribution in [2.75, 3.05) is 6.54 Å². The molecule has 0 spiro atoms. The molecule has 2 rings (SSSR count). The van der Waals surface area contributed by atoms with Crippen molar-refractivity contribution in [1.82, 2.24) is 4.90 Å². The maximum atomic E-state index is 13.9. The minimum atomic E-state index is -1.06. The van der Waals surface area contributed by atoms with Crippen LogP contribution in [0.2, 0.25) is 5.02 Å². The van der Waals surface area contributed by atoms with Gasteiger partial charge in [-0.2, -0.15) is 0 Å². The zero-order valence-electron chi connectivity index (χ0n) is 11.0. The number of carboxylic acid groups (broad SMARTS) is 1. The Balaban J connectivity index is 2.31. The number of carbonyl (C=O) groups excluding carboxylic acids is 1. The number of hydrogen-bond acceptors (Lipinski definition) is 2. The highest BCUT2D eigenvalue weighted by molar-refractivity contribution is 6.31. The zero-order chi connectivity index (χ0) is 14.9. The molecule has 1 saturated heterocycles. The van der Waals surface area contributed by atoms with Gasteiger partial charge in [0.15, 0.2) is 5.82 Å². The van der Waals surface area contributed by atoms with Crippen LogP contribution in [-0.4, -0.2) is 34.5 Å². The molecule has 1 heterocycles. The molecule has 1 aromatic carbocycles. The summed E-state index contributed by atoms with van der Waals surface area (Å²) in [5.41, 5.74) is -0.182. The molecule has 0 bridgehead atoms. The summed E-state index contributed by atoms with van der Waals surface area (Å²) in [5, 5.41) is 9.09. The van der Waals surface area contributed by atoms with Crippen molar-refractivity contribution < 1.29 is 19.1 Å². The minimum absolute atomic E-state index is 0.145. The molecular weight excluding hydrogens is 285 g/mol. The minimum Gasteiger partial charge on any atom is -0.480 e. The summed E-state index contributed by atoms with van der Waals surface area (Å²) in [4.78, 5) is 24.9. The molecule has 4 nitrogen and oxygen atoms in total. The summed E-state index contributed by atoms with van der Waals surface area (Å²) < 4.78 is 13.9. The molecule has 2 atom stereocenters. The zero-order valence-corrected chi connectivity index (χ0v) is 11.7. The molecule has 0 radical (unpaired) electrons. The number of hydrogen-bond donors (Lipinski definition) is 1. The molecule has 0 aliphatic carbocycles. The molecule has 1 amide bonds. The summed E-state index contributed by atoms with van der Waals surface area (Å²) in [6, 6.07) is 3.23. The lowest BCUT2D eigenvalue weighted by atomic mass is 9.92. The molecule has 20 heavy (non-hydrogen) atoms. The van der Waals surface area contributed by atoms with Crippen LogP contribution in [0.15, 0.2) is 18.2 Å². The van der Waals surface area contributed by atoms with Gasteiger partial charge in [0.2, 0.25) is 0 Å². The summed E-state index contributed by atoms with van der Waals surface area (Å²) >= 11 is 5.66. The van der Waals surface area contributed by atoms with Crippen molar-refractivity contribution in [3.8, 4) is 0 Å². The van der Waals surface area contributed by atoms with E-state index in [1.54, 1.807) is 0 Å². The molecule has 1 fully saturated rings. The lowest BCUT2D eigenvalue weighted by molar-refractivity contribution is -0.144. The Kier molecular flexibility index (Phi) is 4.28. The molecule has 2 unspecified atom stereocenters. The third-order valence-electron chi connectivity index (χ3n) is 3.59. The maximum Gasteiger partial charge on any atom is 0.326 e. The Labute approximate surface area is 121 Å². The fourth-order valence-electron chi connectivity index (χ4n) is 2.44. The molecular formula is C14H15ClFNO3. The third kappa shape index (κ3) is 2.77. The van der Waals surface area contributed by atoms with Crippen LogP contribution in [0.1, 0.15) is 30.1 Å². The van der Waals surface area contributed by atoms with Gasteiger partial charge in [-0.25, -0.2) is 9.18 Å². The molecule has 108 valence electrons. The van der Waals surface area contributed by atoms with Crippen LogP contribution in [0, 0.1) is 11.7 Å². The van der Waals surface area contributed by atoms with E-state index in [9.17, 15) is 19.1 Å². The SMILES string of the molecule is CC1CCN(C(=O)c2cccc(Cl)c2F)C(C(=O)O)C1. The van der Waals surface area contributed by atoms with E-state index in [1.807, 2.05) is 6.92 Å². The molecule has 0 saturated carbocycles. The Morgan fingerprint density at radius 3 is 2.80 bits per heavy atom. The molecule has 1 aliphatic heterocycles. The van der Waals surface area contributed by atoms with Gasteiger partial charge in [-0.1, -0.05) is 24.6 Å². The summed E-state index contributed by atoms with van der Waals surface area (Å²) in [6.07, 6.45) is 1.08. The highest BCUT2D eigenvalue weighted by Gasteiger charge is 2.36. The van der Waals surface area contributed by atoms with Gasteiger partial charge in [-0.05, 0) is 30.9 Å². The Morgan fingerprint density at radius 2 is 2.15 bits per heavy atom. The Morgan fingerprint density at radius 1 is 1.45 bits per heavy atom. The predicted molar refractivity (Wildman–Crippen MR) is 72.3 cm³/mol. The lowest BCUT2D eigenvalue weighted by Gasteiger charge is -2.36. The standard InChI is InChI=1S/C14H15ClFNO3/c1-8-5-6-17(11(7-8)14(19)20)13(18)9-3-2-4-10(15)12(9)16/h2-4,8,11H,5-7H2,1H3,(H,19,20). The van der Waals surface area contributed by atoms with Crippen LogP contribution in [0.5, 0.6) is 0 Å². The second-order valence-corrected chi connectivity index (χ2v) is 5.49. The van der Waals surface area contributed by atoms with Gasteiger partial charge in [0.25, 0.3) is 5.91 Å². The third-order valence-corrected chi connectivity index (χ3v) is 3.88. The van der Waals surface area contributed by atoms with Gasteiger partial charge in [-0.3, -0.25) is 4.79 Å². The van der Waals surface area contributed by atoms with Crippen LogP contribution in [0.3, 0.4) is 0 Å². The molecule has 0 aromatic heterocycles. The van der Waals surface area contributed by atoms with E-state index in [2.05, 4.69) is 0 Å². The number of halogens is 2. The van der Waals surface area contributed by atoms with E-state index in [0.717, 1.165) is 0 Å². The number of carbonyl (C=O) groups is 2. The Bertz CT molecular complexity index is 549. The van der Waals surface area contributed by atoms with Crippen LogP contribution >= 0.6 is 11.6 Å². The number of nitrogens with zero attached hydrogens (tertiary/aromatic N) is 1.